The van der Waals surface area contributed by atoms with Crippen LogP contribution in [-0.2, 0) is 12.6 Å². The lowest BCUT2D eigenvalue weighted by Crippen LogP contribution is -2.17. The standard InChI is InChI=1S/C13H13F4N3/c1-8-11(6-7-18)12(13(15,16)17)20(19-8)10-4-2-9(14)3-5-10/h2-5H,6-7,18H2,1H3. The molecule has 2 aromatic rings. The highest BCUT2D eigenvalue weighted by Gasteiger charge is 2.39. The molecule has 3 nitrogen and oxygen atoms in total. The van der Waals surface area contributed by atoms with E-state index >= 15 is 0 Å². The summed E-state index contributed by atoms with van der Waals surface area (Å²) in [6.45, 7) is 1.60. The average molecular weight is 287 g/mol. The first-order valence-corrected chi connectivity index (χ1v) is 5.96. The Morgan fingerprint density at radius 2 is 1.80 bits per heavy atom. The lowest BCUT2D eigenvalue weighted by molar-refractivity contribution is -0.143. The highest BCUT2D eigenvalue weighted by atomic mass is 19.4. The van der Waals surface area contributed by atoms with Crippen molar-refractivity contribution in [2.45, 2.75) is 19.5 Å². The minimum absolute atomic E-state index is 0.0734. The predicted molar refractivity (Wildman–Crippen MR) is 66.0 cm³/mol. The summed E-state index contributed by atoms with van der Waals surface area (Å²) in [6, 6.07) is 4.69. The van der Waals surface area contributed by atoms with Gasteiger partial charge >= 0.3 is 6.18 Å². The molecule has 20 heavy (non-hydrogen) atoms. The van der Waals surface area contributed by atoms with Crippen LogP contribution in [-0.4, -0.2) is 16.3 Å². The number of hydrogen-bond acceptors (Lipinski definition) is 2. The minimum Gasteiger partial charge on any atom is -0.330 e. The SMILES string of the molecule is Cc1nn(-c2ccc(F)cc2)c(C(F)(F)F)c1CCN. The Bertz CT molecular complexity index is 599. The second kappa shape index (κ2) is 5.24. The van der Waals surface area contributed by atoms with E-state index in [-0.39, 0.29) is 29.9 Å². The maximum absolute atomic E-state index is 13.2. The van der Waals surface area contributed by atoms with Crippen LogP contribution < -0.4 is 5.73 Å². The van der Waals surface area contributed by atoms with E-state index in [0.29, 0.717) is 0 Å². The molecule has 0 fully saturated rings. The molecule has 108 valence electrons. The molecule has 0 aliphatic heterocycles. The van der Waals surface area contributed by atoms with Crippen LogP contribution in [0.15, 0.2) is 24.3 Å². The van der Waals surface area contributed by atoms with Crippen LogP contribution in [0, 0.1) is 12.7 Å². The van der Waals surface area contributed by atoms with Gasteiger partial charge < -0.3 is 5.73 Å². The van der Waals surface area contributed by atoms with Crippen molar-refractivity contribution in [3.8, 4) is 5.69 Å². The lowest BCUT2D eigenvalue weighted by atomic mass is 10.1. The Kier molecular flexibility index (Phi) is 3.80. The van der Waals surface area contributed by atoms with Crippen molar-refractivity contribution < 1.29 is 17.6 Å². The minimum atomic E-state index is -4.56. The summed E-state index contributed by atoms with van der Waals surface area (Å²) in [6.07, 6.45) is -4.47. The van der Waals surface area contributed by atoms with Crippen molar-refractivity contribution in [2.24, 2.45) is 5.73 Å². The number of alkyl halides is 3. The summed E-state index contributed by atoms with van der Waals surface area (Å²) >= 11 is 0. The van der Waals surface area contributed by atoms with Crippen molar-refractivity contribution in [2.75, 3.05) is 6.54 Å². The number of benzene rings is 1. The predicted octanol–water partition coefficient (Wildman–Crippen LogP) is 2.84. The quantitative estimate of drug-likeness (QED) is 0.882. The molecule has 2 rings (SSSR count). The van der Waals surface area contributed by atoms with Crippen molar-refractivity contribution in [3.05, 3.63) is 47.0 Å². The van der Waals surface area contributed by atoms with Gasteiger partial charge in [-0.25, -0.2) is 9.07 Å². The highest BCUT2D eigenvalue weighted by Crippen LogP contribution is 2.35. The van der Waals surface area contributed by atoms with E-state index < -0.39 is 17.7 Å². The zero-order chi connectivity index (χ0) is 14.9. The van der Waals surface area contributed by atoms with Crippen molar-refractivity contribution >= 4 is 0 Å². The largest absolute Gasteiger partial charge is 0.433 e. The topological polar surface area (TPSA) is 43.8 Å². The number of nitrogens with two attached hydrogens (primary N) is 1. The Morgan fingerprint density at radius 3 is 2.30 bits per heavy atom. The van der Waals surface area contributed by atoms with Gasteiger partial charge in [-0.1, -0.05) is 0 Å². The second-order valence-corrected chi connectivity index (χ2v) is 4.34. The van der Waals surface area contributed by atoms with E-state index in [1.165, 1.54) is 19.1 Å². The van der Waals surface area contributed by atoms with Crippen LogP contribution in [0.25, 0.3) is 5.69 Å². The first-order valence-electron chi connectivity index (χ1n) is 5.96. The monoisotopic (exact) mass is 287 g/mol. The van der Waals surface area contributed by atoms with Crippen LogP contribution in [0.2, 0.25) is 0 Å². The molecule has 0 bridgehead atoms. The molecule has 2 N–H and O–H groups in total. The van der Waals surface area contributed by atoms with Crippen LogP contribution in [0.4, 0.5) is 17.6 Å². The molecule has 1 aromatic heterocycles. The number of aryl methyl sites for hydroxylation is 1. The summed E-state index contributed by atoms with van der Waals surface area (Å²) in [5.41, 5.74) is 5.00. The normalized spacial score (nSPS) is 11.9. The molecule has 0 saturated heterocycles. The van der Waals surface area contributed by atoms with Gasteiger partial charge in [-0.2, -0.15) is 18.3 Å². The van der Waals surface area contributed by atoms with E-state index in [2.05, 4.69) is 5.10 Å². The molecular weight excluding hydrogens is 274 g/mol. The molecule has 1 heterocycles. The highest BCUT2D eigenvalue weighted by molar-refractivity contribution is 5.39. The molecule has 1 aromatic carbocycles. The number of nitrogens with zero attached hydrogens (tertiary/aromatic N) is 2. The summed E-state index contributed by atoms with van der Waals surface area (Å²) in [5, 5.41) is 3.91. The van der Waals surface area contributed by atoms with Crippen LogP contribution >= 0.6 is 0 Å². The third-order valence-electron chi connectivity index (χ3n) is 2.92. The fraction of sp³-hybridized carbons (Fsp3) is 0.308. The van der Waals surface area contributed by atoms with Gasteiger partial charge in [0.2, 0.25) is 0 Å². The number of rotatable bonds is 3. The van der Waals surface area contributed by atoms with Gasteiger partial charge in [-0.15, -0.1) is 0 Å². The van der Waals surface area contributed by atoms with Gasteiger partial charge in [0.1, 0.15) is 5.82 Å². The Hall–Kier alpha value is -1.89. The van der Waals surface area contributed by atoms with Crippen LogP contribution in [0.1, 0.15) is 17.0 Å². The molecule has 0 amide bonds. The molecule has 0 unspecified atom stereocenters. The molecule has 0 radical (unpaired) electrons. The Balaban J connectivity index is 2.64. The van der Waals surface area contributed by atoms with Crippen molar-refractivity contribution in [1.29, 1.82) is 0 Å². The third kappa shape index (κ3) is 2.67. The van der Waals surface area contributed by atoms with E-state index in [9.17, 15) is 17.6 Å². The van der Waals surface area contributed by atoms with Gasteiger partial charge in [0.05, 0.1) is 11.4 Å². The van der Waals surface area contributed by atoms with Gasteiger partial charge in [0, 0.05) is 5.56 Å². The molecule has 7 heteroatoms. The number of aromatic nitrogens is 2. The first kappa shape index (κ1) is 14.5. The van der Waals surface area contributed by atoms with Gasteiger partial charge in [0.25, 0.3) is 0 Å². The zero-order valence-electron chi connectivity index (χ0n) is 10.7. The zero-order valence-corrected chi connectivity index (χ0v) is 10.7. The Labute approximate surface area is 113 Å². The maximum Gasteiger partial charge on any atom is 0.433 e. The van der Waals surface area contributed by atoms with E-state index in [4.69, 9.17) is 5.73 Å². The first-order chi connectivity index (χ1) is 9.34. The van der Waals surface area contributed by atoms with E-state index in [0.717, 1.165) is 16.8 Å². The third-order valence-corrected chi connectivity index (χ3v) is 2.92. The summed E-state index contributed by atoms with van der Waals surface area (Å²) in [7, 11) is 0. The Morgan fingerprint density at radius 1 is 1.20 bits per heavy atom. The second-order valence-electron chi connectivity index (χ2n) is 4.34. The molecule has 0 spiro atoms. The number of halogens is 4. The lowest BCUT2D eigenvalue weighted by Gasteiger charge is -2.12. The maximum atomic E-state index is 13.2. The van der Waals surface area contributed by atoms with Gasteiger partial charge in [0.15, 0.2) is 5.69 Å². The van der Waals surface area contributed by atoms with Crippen LogP contribution in [0.5, 0.6) is 0 Å². The summed E-state index contributed by atoms with van der Waals surface area (Å²) in [5.74, 6) is -0.520. The van der Waals surface area contributed by atoms with Crippen molar-refractivity contribution in [1.82, 2.24) is 9.78 Å². The fourth-order valence-corrected chi connectivity index (χ4v) is 2.06. The summed E-state index contributed by atoms with van der Waals surface area (Å²) < 4.78 is 53.4. The molecule has 0 aliphatic carbocycles. The molecule has 0 saturated carbocycles. The van der Waals surface area contributed by atoms with Gasteiger partial charge in [-0.05, 0) is 44.2 Å². The van der Waals surface area contributed by atoms with Gasteiger partial charge in [-0.3, -0.25) is 0 Å². The number of hydrogen-bond donors (Lipinski definition) is 1. The van der Waals surface area contributed by atoms with E-state index in [1.54, 1.807) is 0 Å². The van der Waals surface area contributed by atoms with Crippen molar-refractivity contribution in [3.63, 3.8) is 0 Å². The molecule has 0 atom stereocenters. The molecular formula is C13H13F4N3. The van der Waals surface area contributed by atoms with E-state index in [1.807, 2.05) is 0 Å². The van der Waals surface area contributed by atoms with Crippen LogP contribution in [0.3, 0.4) is 0 Å². The molecule has 0 aliphatic rings. The smallest absolute Gasteiger partial charge is 0.330 e. The summed E-state index contributed by atoms with van der Waals surface area (Å²) in [4.78, 5) is 0. The fourth-order valence-electron chi connectivity index (χ4n) is 2.06. The average Bonchev–Trinajstić information content (AvgIpc) is 2.68.